The highest BCUT2D eigenvalue weighted by molar-refractivity contribution is 7.21. The van der Waals surface area contributed by atoms with E-state index in [9.17, 15) is 19.2 Å². The lowest BCUT2D eigenvalue weighted by molar-refractivity contribution is -0.130. The van der Waals surface area contributed by atoms with Crippen LogP contribution in [0.15, 0.2) is 18.2 Å². The van der Waals surface area contributed by atoms with E-state index >= 15 is 0 Å². The van der Waals surface area contributed by atoms with Crippen molar-refractivity contribution in [1.82, 2.24) is 5.32 Å². The highest BCUT2D eigenvalue weighted by Gasteiger charge is 2.33. The summed E-state index contributed by atoms with van der Waals surface area (Å²) >= 11 is 1.12. The lowest BCUT2D eigenvalue weighted by atomic mass is 9.90. The van der Waals surface area contributed by atoms with Crippen LogP contribution in [0.1, 0.15) is 42.9 Å². The summed E-state index contributed by atoms with van der Waals surface area (Å²) in [5.41, 5.74) is -0.571. The third-order valence-corrected chi connectivity index (χ3v) is 5.75. The van der Waals surface area contributed by atoms with Crippen LogP contribution < -0.4 is 5.32 Å². The third-order valence-electron chi connectivity index (χ3n) is 4.51. The fraction of sp³-hybridized carbons (Fsp3) is 0.421. The van der Waals surface area contributed by atoms with Crippen molar-refractivity contribution in [2.45, 2.75) is 46.3 Å². The van der Waals surface area contributed by atoms with Crippen LogP contribution in [-0.2, 0) is 9.53 Å². The molecule has 2 atom stereocenters. The second-order valence-electron chi connectivity index (χ2n) is 6.67. The maximum Gasteiger partial charge on any atom is 0.349 e. The molecule has 5 nitrogen and oxygen atoms in total. The Kier molecular flexibility index (Phi) is 5.67. The Morgan fingerprint density at radius 3 is 2.54 bits per heavy atom. The lowest BCUT2D eigenvalue weighted by Crippen LogP contribution is -2.52. The molecule has 1 heterocycles. The molecule has 7 heteroatoms. The number of fused-ring (bicyclic) bond motifs is 1. The van der Waals surface area contributed by atoms with E-state index in [1.807, 2.05) is 13.8 Å². The number of aryl methyl sites for hydroxylation is 1. The summed E-state index contributed by atoms with van der Waals surface area (Å²) in [5.74, 6) is -1.76. The normalized spacial score (nSPS) is 14.5. The zero-order valence-electron chi connectivity index (χ0n) is 15.3. The molecule has 0 radical (unpaired) electrons. The summed E-state index contributed by atoms with van der Waals surface area (Å²) in [6, 6.07) is 6.71. The van der Waals surface area contributed by atoms with E-state index in [1.165, 1.54) is 13.0 Å². The Labute approximate surface area is 155 Å². The molecule has 0 aliphatic carbocycles. The van der Waals surface area contributed by atoms with Crippen LogP contribution in [-0.4, -0.2) is 23.5 Å². The number of amides is 1. The lowest BCUT2D eigenvalue weighted by Gasteiger charge is -2.28. The van der Waals surface area contributed by atoms with Crippen LogP contribution in [0, 0.1) is 30.0 Å². The zero-order chi connectivity index (χ0) is 19.6. The van der Waals surface area contributed by atoms with Gasteiger partial charge >= 0.3 is 5.97 Å². The average molecular weight is 376 g/mol. The molecule has 26 heavy (non-hydrogen) atoms. The van der Waals surface area contributed by atoms with Gasteiger partial charge in [0.1, 0.15) is 16.2 Å². The fourth-order valence-electron chi connectivity index (χ4n) is 2.37. The first-order valence-electron chi connectivity index (χ1n) is 8.22. The minimum Gasteiger partial charge on any atom is -0.448 e. The minimum absolute atomic E-state index is 0.118. The van der Waals surface area contributed by atoms with E-state index in [4.69, 9.17) is 4.74 Å². The minimum atomic E-state index is -1.08. The molecule has 138 valence electrons. The number of carbonyl (C=O) groups excluding carboxylic acids is 2. The first-order chi connectivity index (χ1) is 12.1. The topological polar surface area (TPSA) is 79.2 Å². The van der Waals surface area contributed by atoms with E-state index in [0.717, 1.165) is 11.3 Å². The Bertz CT molecular complexity index is 900. The molecule has 1 amide bonds. The van der Waals surface area contributed by atoms with E-state index in [1.54, 1.807) is 26.0 Å². The van der Waals surface area contributed by atoms with Gasteiger partial charge in [0.15, 0.2) is 6.10 Å². The third kappa shape index (κ3) is 3.70. The number of thiophene rings is 1. The van der Waals surface area contributed by atoms with Gasteiger partial charge in [-0.05, 0) is 44.4 Å². The van der Waals surface area contributed by atoms with Gasteiger partial charge < -0.3 is 10.1 Å². The molecule has 2 unspecified atom stereocenters. The quantitative estimate of drug-likeness (QED) is 0.802. The smallest absolute Gasteiger partial charge is 0.349 e. The Hall–Kier alpha value is -2.46. The highest BCUT2D eigenvalue weighted by Crippen LogP contribution is 2.33. The molecule has 0 saturated heterocycles. The first-order valence-corrected chi connectivity index (χ1v) is 9.04. The predicted octanol–water partition coefficient (Wildman–Crippen LogP) is 3.95. The average Bonchev–Trinajstić information content (AvgIpc) is 2.92. The van der Waals surface area contributed by atoms with Crippen molar-refractivity contribution in [2.75, 3.05) is 0 Å². The molecule has 1 N–H and O–H groups in total. The van der Waals surface area contributed by atoms with Crippen molar-refractivity contribution in [2.24, 2.45) is 5.92 Å². The van der Waals surface area contributed by atoms with Crippen molar-refractivity contribution < 1.29 is 18.7 Å². The van der Waals surface area contributed by atoms with Crippen LogP contribution in [0.2, 0.25) is 0 Å². The van der Waals surface area contributed by atoms with Crippen molar-refractivity contribution in [1.29, 1.82) is 5.26 Å². The highest BCUT2D eigenvalue weighted by atomic mass is 32.1. The van der Waals surface area contributed by atoms with Crippen LogP contribution in [0.5, 0.6) is 0 Å². The van der Waals surface area contributed by atoms with E-state index < -0.39 is 29.3 Å². The van der Waals surface area contributed by atoms with Crippen molar-refractivity contribution >= 4 is 33.3 Å². The van der Waals surface area contributed by atoms with Gasteiger partial charge in [0, 0.05) is 10.1 Å². The standard InChI is InChI=1S/C19H21FN2O3S/c1-10(2)19(5,9-21)22-17(23)12(4)25-18(24)16-11(3)15-13(20)7-6-8-14(15)26-16/h6-8,10,12H,1-5H3,(H,22,23). The molecular formula is C19H21FN2O3S. The van der Waals surface area contributed by atoms with Crippen LogP contribution in [0.25, 0.3) is 10.1 Å². The molecule has 1 aromatic carbocycles. The Morgan fingerprint density at radius 2 is 2.00 bits per heavy atom. The monoisotopic (exact) mass is 376 g/mol. The molecule has 0 fully saturated rings. The molecule has 2 rings (SSSR count). The number of nitriles is 1. The predicted molar refractivity (Wildman–Crippen MR) is 98.4 cm³/mol. The molecule has 2 aromatic rings. The van der Waals surface area contributed by atoms with Gasteiger partial charge in [0.2, 0.25) is 0 Å². The van der Waals surface area contributed by atoms with Crippen molar-refractivity contribution in [3.63, 3.8) is 0 Å². The van der Waals surface area contributed by atoms with Gasteiger partial charge in [-0.15, -0.1) is 11.3 Å². The fourth-order valence-corrected chi connectivity index (χ4v) is 3.48. The van der Waals surface area contributed by atoms with Gasteiger partial charge in [-0.1, -0.05) is 19.9 Å². The zero-order valence-corrected chi connectivity index (χ0v) is 16.2. The molecule has 1 aromatic heterocycles. The Morgan fingerprint density at radius 1 is 1.35 bits per heavy atom. The molecule has 0 bridgehead atoms. The van der Waals surface area contributed by atoms with Crippen LogP contribution in [0.3, 0.4) is 0 Å². The van der Waals surface area contributed by atoms with E-state index in [2.05, 4.69) is 11.4 Å². The van der Waals surface area contributed by atoms with E-state index in [0.29, 0.717) is 15.6 Å². The SMILES string of the molecule is Cc1c(C(=O)OC(C)C(=O)NC(C)(C#N)C(C)C)sc2cccc(F)c12. The second-order valence-corrected chi connectivity index (χ2v) is 7.73. The number of rotatable bonds is 5. The van der Waals surface area contributed by atoms with Crippen LogP contribution in [0.4, 0.5) is 4.39 Å². The van der Waals surface area contributed by atoms with Crippen LogP contribution >= 0.6 is 11.3 Å². The number of benzene rings is 1. The van der Waals surface area contributed by atoms with Gasteiger partial charge in [-0.3, -0.25) is 4.79 Å². The summed E-state index contributed by atoms with van der Waals surface area (Å²) in [7, 11) is 0. The maximum absolute atomic E-state index is 14.0. The number of halogens is 1. The van der Waals surface area contributed by atoms with Gasteiger partial charge in [-0.25, -0.2) is 9.18 Å². The molecule has 0 aliphatic heterocycles. The number of hydrogen-bond donors (Lipinski definition) is 1. The molecular weight excluding hydrogens is 355 g/mol. The summed E-state index contributed by atoms with van der Waals surface area (Å²) in [4.78, 5) is 25.0. The van der Waals surface area contributed by atoms with Crippen molar-refractivity contribution in [3.8, 4) is 6.07 Å². The summed E-state index contributed by atoms with van der Waals surface area (Å²) in [6.45, 7) is 8.33. The molecule has 0 spiro atoms. The van der Waals surface area contributed by atoms with Gasteiger partial charge in [0.05, 0.1) is 6.07 Å². The summed E-state index contributed by atoms with van der Waals surface area (Å²) in [6.07, 6.45) is -1.08. The maximum atomic E-state index is 14.0. The van der Waals surface area contributed by atoms with Gasteiger partial charge in [0.25, 0.3) is 5.91 Å². The number of nitrogens with zero attached hydrogens (tertiary/aromatic N) is 1. The number of carbonyl (C=O) groups is 2. The summed E-state index contributed by atoms with van der Waals surface area (Å²) < 4.78 is 19.9. The Balaban J connectivity index is 2.17. The first kappa shape index (κ1) is 19.9. The number of esters is 1. The van der Waals surface area contributed by atoms with E-state index in [-0.39, 0.29) is 10.8 Å². The number of hydrogen-bond acceptors (Lipinski definition) is 5. The second kappa shape index (κ2) is 7.42. The number of ether oxygens (including phenoxy) is 1. The number of nitrogens with one attached hydrogen (secondary N) is 1. The largest absolute Gasteiger partial charge is 0.448 e. The molecule has 0 aliphatic rings. The summed E-state index contributed by atoms with van der Waals surface area (Å²) in [5, 5.41) is 12.3. The van der Waals surface area contributed by atoms with Crippen molar-refractivity contribution in [3.05, 3.63) is 34.5 Å². The molecule has 0 saturated carbocycles. The van der Waals surface area contributed by atoms with Gasteiger partial charge in [-0.2, -0.15) is 5.26 Å².